The number of halogens is 1. The number of carbonyl (C=O) groups is 1. The normalized spacial score (nSPS) is 11.4. The van der Waals surface area contributed by atoms with Crippen LogP contribution in [0.2, 0.25) is 0 Å². The van der Waals surface area contributed by atoms with Crippen molar-refractivity contribution in [3.63, 3.8) is 0 Å². The Morgan fingerprint density at radius 2 is 1.80 bits per heavy atom. The van der Waals surface area contributed by atoms with E-state index in [0.29, 0.717) is 31.5 Å². The minimum absolute atomic E-state index is 0. The molecule has 0 unspecified atom stereocenters. The second-order valence-corrected chi connectivity index (χ2v) is 7.56. The summed E-state index contributed by atoms with van der Waals surface area (Å²) in [5, 5.41) is 9.03. The molecule has 0 saturated carbocycles. The molecule has 1 aromatic heterocycles. The molecule has 8 nitrogen and oxygen atoms in total. The Balaban J connectivity index is 0.00000450. The van der Waals surface area contributed by atoms with Crippen molar-refractivity contribution in [2.75, 3.05) is 19.6 Å². The number of hydrogen-bond donors (Lipinski definition) is 3. The molecular formula is C21H32IN5O3. The molecule has 1 heterocycles. The largest absolute Gasteiger partial charge is 0.444 e. The Hall–Kier alpha value is -2.30. The number of alkyl carbamates (subject to hydrolysis) is 1. The highest BCUT2D eigenvalue weighted by Gasteiger charge is 2.15. The maximum Gasteiger partial charge on any atom is 0.407 e. The van der Waals surface area contributed by atoms with Crippen LogP contribution in [-0.4, -0.2) is 42.3 Å². The lowest BCUT2D eigenvalue weighted by molar-refractivity contribution is 0.0529. The molecule has 30 heavy (non-hydrogen) atoms. The van der Waals surface area contributed by atoms with Crippen LogP contribution in [0.1, 0.15) is 39.0 Å². The third kappa shape index (κ3) is 9.47. The highest BCUT2D eigenvalue weighted by molar-refractivity contribution is 14.0. The van der Waals surface area contributed by atoms with Gasteiger partial charge in [-0.15, -0.1) is 24.0 Å². The third-order valence-corrected chi connectivity index (χ3v) is 3.68. The maximum atomic E-state index is 11.7. The lowest BCUT2D eigenvalue weighted by atomic mass is 10.1. The number of hydrogen-bond acceptors (Lipinski definition) is 5. The summed E-state index contributed by atoms with van der Waals surface area (Å²) < 4.78 is 10.8. The molecule has 1 aromatic carbocycles. The first-order valence-corrected chi connectivity index (χ1v) is 9.77. The molecular weight excluding hydrogens is 497 g/mol. The standard InChI is InChI=1S/C21H31N5O3.HI/c1-6-22-19(23-11-12-24-20(27)29-21(3,4)5)25-13-17-14-28-18(26-17)16-9-7-15(2)8-10-16;/h7-10,14H,6,11-13H2,1-5H3,(H,24,27)(H2,22,23,25);1H. The topological polar surface area (TPSA) is 101 Å². The van der Waals surface area contributed by atoms with Crippen molar-refractivity contribution >= 4 is 36.0 Å². The van der Waals surface area contributed by atoms with Gasteiger partial charge in [0.05, 0.1) is 6.54 Å². The van der Waals surface area contributed by atoms with Gasteiger partial charge in [0.1, 0.15) is 17.6 Å². The van der Waals surface area contributed by atoms with E-state index in [0.717, 1.165) is 17.8 Å². The molecule has 0 bridgehead atoms. The molecule has 0 radical (unpaired) electrons. The predicted molar refractivity (Wildman–Crippen MR) is 129 cm³/mol. The van der Waals surface area contributed by atoms with E-state index in [1.807, 2.05) is 58.9 Å². The van der Waals surface area contributed by atoms with Crippen molar-refractivity contribution < 1.29 is 13.9 Å². The third-order valence-electron chi connectivity index (χ3n) is 3.68. The van der Waals surface area contributed by atoms with Crippen molar-refractivity contribution in [2.24, 2.45) is 4.99 Å². The van der Waals surface area contributed by atoms with E-state index >= 15 is 0 Å². The second-order valence-electron chi connectivity index (χ2n) is 7.56. The lowest BCUT2D eigenvalue weighted by Gasteiger charge is -2.19. The molecule has 9 heteroatoms. The molecule has 0 aliphatic rings. The number of carbonyl (C=O) groups excluding carboxylic acids is 1. The molecule has 0 aliphatic heterocycles. The summed E-state index contributed by atoms with van der Waals surface area (Å²) in [6, 6.07) is 8.01. The average molecular weight is 529 g/mol. The number of nitrogens with zero attached hydrogens (tertiary/aromatic N) is 2. The molecule has 3 N–H and O–H groups in total. The Labute approximate surface area is 195 Å². The number of aliphatic imine (C=N–C) groups is 1. The molecule has 0 aliphatic carbocycles. The van der Waals surface area contributed by atoms with Gasteiger partial charge in [-0.05, 0) is 46.8 Å². The fraction of sp³-hybridized carbons (Fsp3) is 0.476. The Morgan fingerprint density at radius 1 is 1.13 bits per heavy atom. The summed E-state index contributed by atoms with van der Waals surface area (Å²) >= 11 is 0. The van der Waals surface area contributed by atoms with E-state index in [9.17, 15) is 4.79 Å². The highest BCUT2D eigenvalue weighted by atomic mass is 127. The Morgan fingerprint density at radius 3 is 2.43 bits per heavy atom. The van der Waals surface area contributed by atoms with Crippen LogP contribution in [0.3, 0.4) is 0 Å². The fourth-order valence-electron chi connectivity index (χ4n) is 2.37. The number of ether oxygens (including phenoxy) is 1. The summed E-state index contributed by atoms with van der Waals surface area (Å²) in [6.07, 6.45) is 1.18. The summed E-state index contributed by atoms with van der Waals surface area (Å²) in [6.45, 7) is 11.5. The summed E-state index contributed by atoms with van der Waals surface area (Å²) in [7, 11) is 0. The fourth-order valence-corrected chi connectivity index (χ4v) is 2.37. The number of aromatic nitrogens is 1. The maximum absolute atomic E-state index is 11.7. The smallest absolute Gasteiger partial charge is 0.407 e. The van der Waals surface area contributed by atoms with Gasteiger partial charge in [0.25, 0.3) is 0 Å². The van der Waals surface area contributed by atoms with Crippen molar-refractivity contribution in [3.8, 4) is 11.5 Å². The number of guanidine groups is 1. The predicted octanol–water partition coefficient (Wildman–Crippen LogP) is 3.85. The van der Waals surface area contributed by atoms with Crippen LogP contribution in [-0.2, 0) is 11.3 Å². The van der Waals surface area contributed by atoms with Crippen LogP contribution in [0.15, 0.2) is 39.9 Å². The minimum Gasteiger partial charge on any atom is -0.444 e. The van der Waals surface area contributed by atoms with E-state index in [-0.39, 0.29) is 24.0 Å². The van der Waals surface area contributed by atoms with Crippen LogP contribution < -0.4 is 16.0 Å². The molecule has 0 spiro atoms. The van der Waals surface area contributed by atoms with Gasteiger partial charge in [-0.3, -0.25) is 0 Å². The van der Waals surface area contributed by atoms with Crippen molar-refractivity contribution in [1.82, 2.24) is 20.9 Å². The number of aryl methyl sites for hydroxylation is 1. The second kappa shape index (κ2) is 12.4. The minimum atomic E-state index is -0.511. The van der Waals surface area contributed by atoms with Crippen LogP contribution in [0.5, 0.6) is 0 Å². The van der Waals surface area contributed by atoms with E-state index in [1.54, 1.807) is 6.26 Å². The summed E-state index contributed by atoms with van der Waals surface area (Å²) in [4.78, 5) is 20.7. The summed E-state index contributed by atoms with van der Waals surface area (Å²) in [5.74, 6) is 1.22. The van der Waals surface area contributed by atoms with Gasteiger partial charge in [0.15, 0.2) is 5.96 Å². The van der Waals surface area contributed by atoms with Crippen LogP contribution in [0.25, 0.3) is 11.5 Å². The van der Waals surface area contributed by atoms with E-state index in [1.165, 1.54) is 5.56 Å². The highest BCUT2D eigenvalue weighted by Crippen LogP contribution is 2.19. The zero-order chi connectivity index (χ0) is 21.3. The van der Waals surface area contributed by atoms with Gasteiger partial charge < -0.3 is 25.1 Å². The van der Waals surface area contributed by atoms with Gasteiger partial charge in [0.2, 0.25) is 5.89 Å². The van der Waals surface area contributed by atoms with Gasteiger partial charge in [-0.1, -0.05) is 17.7 Å². The summed E-state index contributed by atoms with van der Waals surface area (Å²) in [5.41, 5.74) is 2.35. The van der Waals surface area contributed by atoms with Crippen LogP contribution in [0.4, 0.5) is 4.79 Å². The van der Waals surface area contributed by atoms with Gasteiger partial charge in [-0.2, -0.15) is 0 Å². The SMILES string of the molecule is CCNC(=NCc1coc(-c2ccc(C)cc2)n1)NCCNC(=O)OC(C)(C)C.I. The quantitative estimate of drug-likeness (QED) is 0.218. The van der Waals surface area contributed by atoms with Crippen LogP contribution >= 0.6 is 24.0 Å². The number of benzene rings is 1. The van der Waals surface area contributed by atoms with Crippen molar-refractivity contribution in [3.05, 3.63) is 41.8 Å². The monoisotopic (exact) mass is 529 g/mol. The molecule has 0 atom stereocenters. The van der Waals surface area contributed by atoms with E-state index < -0.39 is 11.7 Å². The molecule has 1 amide bonds. The zero-order valence-electron chi connectivity index (χ0n) is 18.2. The Kier molecular flexibility index (Phi) is 10.6. The molecule has 2 rings (SSSR count). The van der Waals surface area contributed by atoms with E-state index in [4.69, 9.17) is 9.15 Å². The molecule has 0 saturated heterocycles. The Bertz CT molecular complexity index is 813. The van der Waals surface area contributed by atoms with E-state index in [2.05, 4.69) is 25.9 Å². The van der Waals surface area contributed by atoms with Crippen molar-refractivity contribution in [1.29, 1.82) is 0 Å². The van der Waals surface area contributed by atoms with Crippen LogP contribution in [0, 0.1) is 6.92 Å². The molecule has 0 fully saturated rings. The molecule has 2 aromatic rings. The van der Waals surface area contributed by atoms with Gasteiger partial charge in [0, 0.05) is 25.2 Å². The zero-order valence-corrected chi connectivity index (χ0v) is 20.6. The number of nitrogens with one attached hydrogen (secondary N) is 3. The molecule has 166 valence electrons. The first-order chi connectivity index (χ1) is 13.8. The number of oxazole rings is 1. The first kappa shape index (κ1) is 25.7. The first-order valence-electron chi connectivity index (χ1n) is 9.77. The van der Waals surface area contributed by atoms with Gasteiger partial charge >= 0.3 is 6.09 Å². The van der Waals surface area contributed by atoms with Crippen molar-refractivity contribution in [2.45, 2.75) is 46.8 Å². The van der Waals surface area contributed by atoms with Gasteiger partial charge in [-0.25, -0.2) is 14.8 Å². The average Bonchev–Trinajstić information content (AvgIpc) is 3.11. The number of rotatable bonds is 7. The number of amides is 1. The lowest BCUT2D eigenvalue weighted by Crippen LogP contribution is -2.42.